The number of rotatable bonds is 6. The van der Waals surface area contributed by atoms with Crippen molar-refractivity contribution in [2.75, 3.05) is 6.61 Å². The zero-order chi connectivity index (χ0) is 30.3. The Hall–Kier alpha value is -5.02. The minimum absolute atomic E-state index is 0.0209. The molecule has 0 bridgehead atoms. The van der Waals surface area contributed by atoms with Gasteiger partial charge in [0.15, 0.2) is 17.3 Å². The number of esters is 1. The van der Waals surface area contributed by atoms with Crippen LogP contribution in [0.15, 0.2) is 63.8 Å². The lowest BCUT2D eigenvalue weighted by Crippen LogP contribution is -2.60. The molecule has 0 spiro atoms. The van der Waals surface area contributed by atoms with Gasteiger partial charge in [-0.25, -0.2) is 4.79 Å². The molecule has 1 saturated heterocycles. The molecule has 4 aromatic rings. The fourth-order valence-corrected chi connectivity index (χ4v) is 4.34. The molecule has 0 amide bonds. The number of phenols is 5. The summed E-state index contributed by atoms with van der Waals surface area (Å²) in [6, 6.07) is 10.4. The number of carbonyl (C=O) groups is 1. The van der Waals surface area contributed by atoms with Crippen molar-refractivity contribution in [2.45, 2.75) is 30.7 Å². The molecule has 3 aromatic carbocycles. The summed E-state index contributed by atoms with van der Waals surface area (Å²) >= 11 is 0. The Morgan fingerprint density at radius 3 is 2.19 bits per heavy atom. The van der Waals surface area contributed by atoms with Crippen LogP contribution in [0.3, 0.4) is 0 Å². The Morgan fingerprint density at radius 1 is 0.786 bits per heavy atom. The number of aliphatic hydroxyl groups excluding tert-OH is 3. The lowest BCUT2D eigenvalue weighted by molar-refractivity contribution is -0.277. The van der Waals surface area contributed by atoms with E-state index < -0.39 is 82.8 Å². The van der Waals surface area contributed by atoms with Crippen LogP contribution in [0, 0.1) is 0 Å². The normalized spacial score (nSPS) is 22.1. The van der Waals surface area contributed by atoms with E-state index in [-0.39, 0.29) is 28.2 Å². The molecule has 0 aliphatic carbocycles. The molecule has 14 nitrogen and oxygen atoms in total. The molecule has 1 aromatic heterocycles. The van der Waals surface area contributed by atoms with E-state index in [4.69, 9.17) is 18.6 Å². The van der Waals surface area contributed by atoms with Crippen molar-refractivity contribution < 1.29 is 64.3 Å². The Bertz CT molecular complexity index is 1700. The summed E-state index contributed by atoms with van der Waals surface area (Å²) in [6.07, 6.45) is -8.95. The van der Waals surface area contributed by atoms with Crippen molar-refractivity contribution in [3.05, 3.63) is 70.4 Å². The fraction of sp³-hybridized carbons (Fsp3) is 0.214. The van der Waals surface area contributed by atoms with Crippen LogP contribution in [0.2, 0.25) is 0 Å². The van der Waals surface area contributed by atoms with Crippen LogP contribution in [0.5, 0.6) is 34.5 Å². The Balaban J connectivity index is 1.49. The molecule has 0 radical (unpaired) electrons. The second kappa shape index (κ2) is 11.1. The number of fused-ring (bicyclic) bond motifs is 1. The summed E-state index contributed by atoms with van der Waals surface area (Å²) in [7, 11) is 0. The smallest absolute Gasteiger partial charge is 0.338 e. The van der Waals surface area contributed by atoms with Crippen LogP contribution in [0.1, 0.15) is 10.4 Å². The average molecular weight is 584 g/mol. The number of hydrogen-bond donors (Lipinski definition) is 8. The standard InChI is InChI=1S/C28H24O14/c29-13-4-1-11(2-5-13)27(38)39-10-19-21(34)23(36)24(37)28(41-19)42-26-22(35)20-17(33)8-14(30)9-18(20)40-25(26)12-3-6-15(31)16(32)7-12/h1-9,19,21,23-24,28-34,36-37H,10H2/t19-,21+,23+,24-,28+/m1/s1. The first-order chi connectivity index (χ1) is 19.9. The maximum atomic E-state index is 13.5. The predicted molar refractivity (Wildman–Crippen MR) is 140 cm³/mol. The molecule has 5 rings (SSSR count). The number of phenolic OH excluding ortho intramolecular Hbond substituents is 5. The van der Waals surface area contributed by atoms with Crippen molar-refractivity contribution in [1.29, 1.82) is 0 Å². The van der Waals surface area contributed by atoms with Crippen molar-refractivity contribution in [3.63, 3.8) is 0 Å². The van der Waals surface area contributed by atoms with Crippen molar-refractivity contribution in [3.8, 4) is 45.8 Å². The first-order valence-corrected chi connectivity index (χ1v) is 12.3. The zero-order valence-electron chi connectivity index (χ0n) is 21.3. The highest BCUT2D eigenvalue weighted by Gasteiger charge is 2.46. The highest BCUT2D eigenvalue weighted by Crippen LogP contribution is 2.39. The zero-order valence-corrected chi connectivity index (χ0v) is 21.3. The minimum Gasteiger partial charge on any atom is -0.508 e. The second-order valence-electron chi connectivity index (χ2n) is 9.41. The number of aliphatic hydroxyl groups is 3. The largest absolute Gasteiger partial charge is 0.508 e. The summed E-state index contributed by atoms with van der Waals surface area (Å²) in [5.41, 5.74) is -1.25. The molecule has 1 aliphatic heterocycles. The lowest BCUT2D eigenvalue weighted by Gasteiger charge is -2.39. The van der Waals surface area contributed by atoms with E-state index in [2.05, 4.69) is 0 Å². The van der Waals surface area contributed by atoms with E-state index in [0.717, 1.165) is 24.3 Å². The number of hydrogen-bond acceptors (Lipinski definition) is 14. The predicted octanol–water partition coefficient (Wildman–Crippen LogP) is 1.03. The van der Waals surface area contributed by atoms with Crippen LogP contribution >= 0.6 is 0 Å². The van der Waals surface area contributed by atoms with E-state index in [9.17, 15) is 50.4 Å². The van der Waals surface area contributed by atoms with Crippen molar-refractivity contribution in [2.24, 2.45) is 0 Å². The van der Waals surface area contributed by atoms with E-state index in [1.54, 1.807) is 0 Å². The molecular weight excluding hydrogens is 560 g/mol. The first-order valence-electron chi connectivity index (χ1n) is 12.3. The number of benzene rings is 3. The van der Waals surface area contributed by atoms with Crippen molar-refractivity contribution >= 4 is 16.9 Å². The van der Waals surface area contributed by atoms with Gasteiger partial charge in [0.1, 0.15) is 59.2 Å². The van der Waals surface area contributed by atoms with Crippen molar-refractivity contribution in [1.82, 2.24) is 0 Å². The third kappa shape index (κ3) is 5.34. The van der Waals surface area contributed by atoms with Crippen LogP contribution in [-0.4, -0.2) is 84.1 Å². The third-order valence-corrected chi connectivity index (χ3v) is 6.54. The maximum absolute atomic E-state index is 13.5. The SMILES string of the molecule is O=C(OC[C@H]1O[C@@H](Oc2c(-c3ccc(O)c(O)c3)oc3cc(O)cc(O)c3c2=O)[C@H](O)[C@@H](O)[C@H]1O)c1ccc(O)cc1. The van der Waals surface area contributed by atoms with Gasteiger partial charge in [0, 0.05) is 17.7 Å². The fourth-order valence-electron chi connectivity index (χ4n) is 4.34. The van der Waals surface area contributed by atoms with Gasteiger partial charge in [0.25, 0.3) is 0 Å². The minimum atomic E-state index is -1.95. The molecule has 0 saturated carbocycles. The molecule has 8 N–H and O–H groups in total. The molecule has 42 heavy (non-hydrogen) atoms. The Morgan fingerprint density at radius 2 is 1.50 bits per heavy atom. The molecule has 5 atom stereocenters. The molecule has 2 heterocycles. The van der Waals surface area contributed by atoms with Crippen LogP contribution in [0.4, 0.5) is 0 Å². The molecule has 0 unspecified atom stereocenters. The van der Waals surface area contributed by atoms with Gasteiger partial charge in [-0.05, 0) is 42.5 Å². The lowest BCUT2D eigenvalue weighted by atomic mass is 9.99. The topological polar surface area (TPSA) is 237 Å². The number of carbonyl (C=O) groups excluding carboxylic acids is 1. The Kier molecular flexibility index (Phi) is 7.53. The Labute approximate surface area is 235 Å². The molecule has 220 valence electrons. The molecule has 1 aliphatic rings. The molecular formula is C28H24O14. The first kappa shape index (κ1) is 28.5. The van der Waals surface area contributed by atoms with Gasteiger partial charge in [-0.1, -0.05) is 0 Å². The number of aromatic hydroxyl groups is 5. The van der Waals surface area contributed by atoms with Gasteiger partial charge in [-0.3, -0.25) is 4.79 Å². The van der Waals surface area contributed by atoms with Gasteiger partial charge in [-0.15, -0.1) is 0 Å². The van der Waals surface area contributed by atoms with Gasteiger partial charge < -0.3 is 59.5 Å². The van der Waals surface area contributed by atoms with Gasteiger partial charge >= 0.3 is 5.97 Å². The third-order valence-electron chi connectivity index (χ3n) is 6.54. The number of ether oxygens (including phenoxy) is 3. The molecule has 14 heteroatoms. The van der Waals surface area contributed by atoms with Gasteiger partial charge in [0.2, 0.25) is 17.5 Å². The van der Waals surface area contributed by atoms with E-state index in [0.29, 0.717) is 0 Å². The van der Waals surface area contributed by atoms with Gasteiger partial charge in [0.05, 0.1) is 5.56 Å². The highest BCUT2D eigenvalue weighted by molar-refractivity contribution is 5.89. The van der Waals surface area contributed by atoms with Gasteiger partial charge in [-0.2, -0.15) is 0 Å². The molecule has 1 fully saturated rings. The summed E-state index contributed by atoms with van der Waals surface area (Å²) < 4.78 is 22.1. The van der Waals surface area contributed by atoms with Crippen LogP contribution < -0.4 is 10.2 Å². The van der Waals surface area contributed by atoms with E-state index >= 15 is 0 Å². The average Bonchev–Trinajstić information content (AvgIpc) is 2.95. The summed E-state index contributed by atoms with van der Waals surface area (Å²) in [5, 5.41) is 80.5. The van der Waals surface area contributed by atoms with Crippen LogP contribution in [0.25, 0.3) is 22.3 Å². The summed E-state index contributed by atoms with van der Waals surface area (Å²) in [5.74, 6) is -4.21. The quantitative estimate of drug-likeness (QED) is 0.117. The monoisotopic (exact) mass is 584 g/mol. The summed E-state index contributed by atoms with van der Waals surface area (Å²) in [4.78, 5) is 25.9. The van der Waals surface area contributed by atoms with Crippen LogP contribution in [-0.2, 0) is 9.47 Å². The second-order valence-corrected chi connectivity index (χ2v) is 9.41. The maximum Gasteiger partial charge on any atom is 0.338 e. The van der Waals surface area contributed by atoms with E-state index in [1.165, 1.54) is 30.3 Å². The highest BCUT2D eigenvalue weighted by atomic mass is 16.7. The summed E-state index contributed by atoms with van der Waals surface area (Å²) in [6.45, 7) is -0.629. The van der Waals surface area contributed by atoms with E-state index in [1.807, 2.05) is 0 Å².